The zero-order valence-electron chi connectivity index (χ0n) is 14.3. The van der Waals surface area contributed by atoms with Crippen LogP contribution in [0.2, 0.25) is 0 Å². The van der Waals surface area contributed by atoms with E-state index in [1.54, 1.807) is 24.3 Å². The number of hydrogen-bond donors (Lipinski definition) is 2. The highest BCUT2D eigenvalue weighted by Crippen LogP contribution is 2.22. The highest BCUT2D eigenvalue weighted by molar-refractivity contribution is 7.89. The first-order valence-electron chi connectivity index (χ1n) is 7.88. The molecule has 1 amide bonds. The number of carboxylic acid groups (broad SMARTS) is 1. The lowest BCUT2D eigenvalue weighted by molar-refractivity contribution is -0.118. The lowest BCUT2D eigenvalue weighted by Crippen LogP contribution is -2.33. The number of carbonyl (C=O) groups excluding carboxylic acids is 1. The van der Waals surface area contributed by atoms with Crippen LogP contribution in [0.15, 0.2) is 53.4 Å². The second-order valence-corrected chi connectivity index (χ2v) is 7.76. The summed E-state index contributed by atoms with van der Waals surface area (Å²) >= 11 is 0. The van der Waals surface area contributed by atoms with Crippen LogP contribution in [0.3, 0.4) is 0 Å². The van der Waals surface area contributed by atoms with Gasteiger partial charge in [0.2, 0.25) is 15.9 Å². The predicted octanol–water partition coefficient (Wildman–Crippen LogP) is 1.76. The summed E-state index contributed by atoms with van der Waals surface area (Å²) in [5.74, 6) is -1.73. The van der Waals surface area contributed by atoms with Crippen LogP contribution in [0.5, 0.6) is 0 Å². The van der Waals surface area contributed by atoms with Crippen LogP contribution in [0.1, 0.15) is 27.9 Å². The first-order valence-corrected chi connectivity index (χ1v) is 9.32. The molecule has 2 aromatic carbocycles. The summed E-state index contributed by atoms with van der Waals surface area (Å²) in [7, 11) is -3.93. The maximum absolute atomic E-state index is 13.0. The largest absolute Gasteiger partial charge is 0.478 e. The summed E-state index contributed by atoms with van der Waals surface area (Å²) < 4.78 is 27.2. The van der Waals surface area contributed by atoms with Gasteiger partial charge in [-0.1, -0.05) is 30.3 Å². The quantitative estimate of drug-likeness (QED) is 0.728. The fourth-order valence-electron chi connectivity index (χ4n) is 2.49. The van der Waals surface area contributed by atoms with E-state index in [2.05, 4.69) is 0 Å². The van der Waals surface area contributed by atoms with Crippen LogP contribution in [-0.2, 0) is 21.4 Å². The average molecular weight is 376 g/mol. The third-order valence-electron chi connectivity index (χ3n) is 3.88. The molecular formula is C18H20N2O5S. The second-order valence-electron chi connectivity index (χ2n) is 5.82. The van der Waals surface area contributed by atoms with Gasteiger partial charge in [-0.15, -0.1) is 0 Å². The molecule has 3 N–H and O–H groups in total. The summed E-state index contributed by atoms with van der Waals surface area (Å²) in [6.45, 7) is 1.55. The van der Waals surface area contributed by atoms with Crippen LogP contribution >= 0.6 is 0 Å². The Bertz CT molecular complexity index is 910. The number of carbonyl (C=O) groups is 2. The number of hydrogen-bond acceptors (Lipinski definition) is 4. The summed E-state index contributed by atoms with van der Waals surface area (Å²) in [5.41, 5.74) is 6.31. The highest BCUT2D eigenvalue weighted by atomic mass is 32.2. The Kier molecular flexibility index (Phi) is 6.12. The molecule has 138 valence electrons. The molecule has 2 rings (SSSR count). The zero-order chi connectivity index (χ0) is 19.3. The van der Waals surface area contributed by atoms with Crippen molar-refractivity contribution in [3.63, 3.8) is 0 Å². The predicted molar refractivity (Wildman–Crippen MR) is 96.0 cm³/mol. The fraction of sp³-hybridized carbons (Fsp3) is 0.222. The van der Waals surface area contributed by atoms with E-state index in [-0.39, 0.29) is 30.0 Å². The van der Waals surface area contributed by atoms with Gasteiger partial charge in [-0.25, -0.2) is 13.2 Å². The molecule has 0 saturated carbocycles. The van der Waals surface area contributed by atoms with Crippen LogP contribution in [0.25, 0.3) is 0 Å². The Morgan fingerprint density at radius 3 is 2.31 bits per heavy atom. The lowest BCUT2D eigenvalue weighted by Gasteiger charge is -2.22. The normalized spacial score (nSPS) is 11.5. The molecule has 2 aromatic rings. The Morgan fingerprint density at radius 2 is 1.77 bits per heavy atom. The van der Waals surface area contributed by atoms with Gasteiger partial charge in [-0.05, 0) is 36.2 Å². The summed E-state index contributed by atoms with van der Waals surface area (Å²) in [6.07, 6.45) is -0.113. The molecule has 0 unspecified atom stereocenters. The minimum Gasteiger partial charge on any atom is -0.478 e. The smallest absolute Gasteiger partial charge is 0.335 e. The first kappa shape index (κ1) is 19.6. The Morgan fingerprint density at radius 1 is 1.12 bits per heavy atom. The Balaban J connectivity index is 2.39. The van der Waals surface area contributed by atoms with E-state index in [1.165, 1.54) is 29.4 Å². The van der Waals surface area contributed by atoms with Gasteiger partial charge in [0, 0.05) is 19.5 Å². The topological polar surface area (TPSA) is 118 Å². The van der Waals surface area contributed by atoms with Gasteiger partial charge in [-0.2, -0.15) is 4.31 Å². The van der Waals surface area contributed by atoms with Crippen LogP contribution in [0, 0.1) is 6.92 Å². The number of aromatic carboxylic acids is 1. The fourth-order valence-corrected chi connectivity index (χ4v) is 4.01. The van der Waals surface area contributed by atoms with E-state index in [4.69, 9.17) is 10.8 Å². The van der Waals surface area contributed by atoms with Crippen molar-refractivity contribution in [3.05, 3.63) is 65.2 Å². The van der Waals surface area contributed by atoms with E-state index in [1.807, 2.05) is 6.07 Å². The minimum absolute atomic E-state index is 0.0274. The number of nitrogens with zero attached hydrogens (tertiary/aromatic N) is 1. The minimum atomic E-state index is -3.93. The number of primary amides is 1. The zero-order valence-corrected chi connectivity index (χ0v) is 15.1. The van der Waals surface area contributed by atoms with Crippen molar-refractivity contribution in [2.24, 2.45) is 5.73 Å². The van der Waals surface area contributed by atoms with Gasteiger partial charge in [0.15, 0.2) is 0 Å². The van der Waals surface area contributed by atoms with Crippen molar-refractivity contribution >= 4 is 21.9 Å². The van der Waals surface area contributed by atoms with Gasteiger partial charge in [0.25, 0.3) is 0 Å². The van der Waals surface area contributed by atoms with Crippen molar-refractivity contribution in [1.82, 2.24) is 4.31 Å². The maximum atomic E-state index is 13.0. The summed E-state index contributed by atoms with van der Waals surface area (Å²) in [5, 5.41) is 9.10. The van der Waals surface area contributed by atoms with Gasteiger partial charge in [0.1, 0.15) is 0 Å². The van der Waals surface area contributed by atoms with E-state index >= 15 is 0 Å². The molecular weight excluding hydrogens is 356 g/mol. The third-order valence-corrected chi connectivity index (χ3v) is 5.72. The lowest BCUT2D eigenvalue weighted by atomic mass is 10.1. The van der Waals surface area contributed by atoms with Gasteiger partial charge in [-0.3, -0.25) is 4.79 Å². The van der Waals surface area contributed by atoms with Gasteiger partial charge < -0.3 is 10.8 Å². The molecule has 0 fully saturated rings. The van der Waals surface area contributed by atoms with Crippen molar-refractivity contribution in [1.29, 1.82) is 0 Å². The third kappa shape index (κ3) is 4.68. The van der Waals surface area contributed by atoms with Crippen LogP contribution in [0.4, 0.5) is 0 Å². The number of carboxylic acids is 1. The molecule has 26 heavy (non-hydrogen) atoms. The van der Waals surface area contributed by atoms with Crippen molar-refractivity contribution in [2.75, 3.05) is 6.54 Å². The molecule has 0 bridgehead atoms. The van der Waals surface area contributed by atoms with E-state index < -0.39 is 21.9 Å². The molecule has 0 aromatic heterocycles. The second kappa shape index (κ2) is 8.11. The first-order chi connectivity index (χ1) is 12.2. The molecule has 0 saturated heterocycles. The van der Waals surface area contributed by atoms with Gasteiger partial charge in [0.05, 0.1) is 10.5 Å². The molecule has 0 radical (unpaired) electrons. The van der Waals surface area contributed by atoms with Crippen molar-refractivity contribution in [3.8, 4) is 0 Å². The van der Waals surface area contributed by atoms with Crippen molar-refractivity contribution in [2.45, 2.75) is 24.8 Å². The Labute approximate surface area is 152 Å². The molecule has 7 nitrogen and oxygen atoms in total. The SMILES string of the molecule is Cc1cc(S(=O)(=O)N(CCC(N)=O)Cc2ccccc2)ccc1C(=O)O. The molecule has 0 heterocycles. The van der Waals surface area contributed by atoms with E-state index in [0.717, 1.165) is 5.56 Å². The molecule has 0 aliphatic carbocycles. The number of rotatable bonds is 8. The molecule has 0 atom stereocenters. The van der Waals surface area contributed by atoms with Crippen LogP contribution < -0.4 is 5.73 Å². The Hall–Kier alpha value is -2.71. The van der Waals surface area contributed by atoms with Crippen molar-refractivity contribution < 1.29 is 23.1 Å². The number of amides is 1. The number of benzene rings is 2. The summed E-state index contributed by atoms with van der Waals surface area (Å²) in [4.78, 5) is 22.2. The van der Waals surface area contributed by atoms with Gasteiger partial charge >= 0.3 is 5.97 Å². The molecule has 0 aliphatic rings. The monoisotopic (exact) mass is 376 g/mol. The maximum Gasteiger partial charge on any atom is 0.335 e. The summed E-state index contributed by atoms with van der Waals surface area (Å²) in [6, 6.07) is 12.8. The number of nitrogens with two attached hydrogens (primary N) is 1. The van der Waals surface area contributed by atoms with E-state index in [9.17, 15) is 18.0 Å². The number of aryl methyl sites for hydroxylation is 1. The molecule has 0 spiro atoms. The van der Waals surface area contributed by atoms with E-state index in [0.29, 0.717) is 5.56 Å². The standard InChI is InChI=1S/C18H20N2O5S/c1-13-11-15(7-8-16(13)18(22)23)26(24,25)20(10-9-17(19)21)12-14-5-3-2-4-6-14/h2-8,11H,9-10,12H2,1H3,(H2,19,21)(H,22,23). The number of sulfonamides is 1. The van der Waals surface area contributed by atoms with Crippen LogP contribution in [-0.4, -0.2) is 36.3 Å². The molecule has 0 aliphatic heterocycles. The average Bonchev–Trinajstić information content (AvgIpc) is 2.58. The molecule has 8 heteroatoms. The highest BCUT2D eigenvalue weighted by Gasteiger charge is 2.26.